The molecular formula is C14H17N3O. The lowest BCUT2D eigenvalue weighted by Crippen LogP contribution is -2.13. The Kier molecular flexibility index (Phi) is 4.25. The number of aryl methyl sites for hydroxylation is 1. The first-order valence-electron chi connectivity index (χ1n) is 5.88. The van der Waals surface area contributed by atoms with Crippen LogP contribution in [0.4, 0.5) is 0 Å². The minimum Gasteiger partial charge on any atom is -0.496 e. The molecule has 0 spiro atoms. The van der Waals surface area contributed by atoms with Crippen molar-refractivity contribution in [3.05, 3.63) is 53.6 Å². The molecule has 0 atom stereocenters. The summed E-state index contributed by atoms with van der Waals surface area (Å²) in [6.07, 6.45) is 3.32. The topological polar surface area (TPSA) is 47.0 Å². The van der Waals surface area contributed by atoms with E-state index >= 15 is 0 Å². The van der Waals surface area contributed by atoms with Gasteiger partial charge in [0, 0.05) is 19.3 Å². The number of ether oxygens (including phenoxy) is 1. The maximum absolute atomic E-state index is 5.24. The van der Waals surface area contributed by atoms with Gasteiger partial charge in [-0.3, -0.25) is 0 Å². The fraction of sp³-hybridized carbons (Fsp3) is 0.286. The third kappa shape index (κ3) is 3.28. The van der Waals surface area contributed by atoms with Gasteiger partial charge >= 0.3 is 0 Å². The van der Waals surface area contributed by atoms with Gasteiger partial charge in [-0.2, -0.15) is 0 Å². The molecule has 0 aliphatic heterocycles. The zero-order valence-electron chi connectivity index (χ0n) is 10.7. The lowest BCUT2D eigenvalue weighted by Gasteiger charge is -2.08. The van der Waals surface area contributed by atoms with Crippen LogP contribution in [0.15, 0.2) is 36.8 Å². The van der Waals surface area contributed by atoms with Crippen LogP contribution >= 0.6 is 0 Å². The van der Waals surface area contributed by atoms with E-state index in [4.69, 9.17) is 4.74 Å². The molecule has 94 valence electrons. The molecule has 1 heterocycles. The highest BCUT2D eigenvalue weighted by molar-refractivity contribution is 5.36. The molecule has 0 unspecified atom stereocenters. The fourth-order valence-electron chi connectivity index (χ4n) is 1.81. The quantitative estimate of drug-likeness (QED) is 0.873. The second-order valence-corrected chi connectivity index (χ2v) is 4.11. The summed E-state index contributed by atoms with van der Waals surface area (Å²) in [5, 5.41) is 3.35. The smallest absolute Gasteiger partial charge is 0.121 e. The number of nitrogens with one attached hydrogen (secondary N) is 1. The predicted octanol–water partition coefficient (Wildman–Crippen LogP) is 2.08. The molecule has 0 radical (unpaired) electrons. The molecule has 18 heavy (non-hydrogen) atoms. The van der Waals surface area contributed by atoms with Gasteiger partial charge in [0.2, 0.25) is 0 Å². The van der Waals surface area contributed by atoms with E-state index in [0.717, 1.165) is 30.1 Å². The zero-order chi connectivity index (χ0) is 12.8. The van der Waals surface area contributed by atoms with Gasteiger partial charge in [-0.1, -0.05) is 12.1 Å². The van der Waals surface area contributed by atoms with Crippen molar-refractivity contribution in [3.63, 3.8) is 0 Å². The molecule has 0 bridgehead atoms. The van der Waals surface area contributed by atoms with Gasteiger partial charge < -0.3 is 10.1 Å². The van der Waals surface area contributed by atoms with Crippen LogP contribution in [-0.4, -0.2) is 17.1 Å². The Bertz CT molecular complexity index is 500. The Hall–Kier alpha value is -1.94. The van der Waals surface area contributed by atoms with Gasteiger partial charge in [-0.15, -0.1) is 0 Å². The van der Waals surface area contributed by atoms with Crippen molar-refractivity contribution in [2.24, 2.45) is 0 Å². The monoisotopic (exact) mass is 243 g/mol. The average molecular weight is 243 g/mol. The minimum atomic E-state index is 0.744. The van der Waals surface area contributed by atoms with Crippen LogP contribution in [0.25, 0.3) is 0 Å². The van der Waals surface area contributed by atoms with E-state index < -0.39 is 0 Å². The number of aromatic nitrogens is 2. The first-order valence-corrected chi connectivity index (χ1v) is 5.88. The summed E-state index contributed by atoms with van der Waals surface area (Å²) in [6, 6.07) is 8.11. The minimum absolute atomic E-state index is 0.744. The molecule has 1 N–H and O–H groups in total. The SMILES string of the molecule is COc1ccc(CNCc2ccncn2)cc1C. The van der Waals surface area contributed by atoms with Gasteiger partial charge in [0.05, 0.1) is 12.8 Å². The molecule has 2 rings (SSSR count). The van der Waals surface area contributed by atoms with E-state index in [1.54, 1.807) is 19.6 Å². The third-order valence-corrected chi connectivity index (χ3v) is 2.74. The summed E-state index contributed by atoms with van der Waals surface area (Å²) in [5.41, 5.74) is 3.39. The van der Waals surface area contributed by atoms with Crippen molar-refractivity contribution >= 4 is 0 Å². The fourth-order valence-corrected chi connectivity index (χ4v) is 1.81. The number of hydrogen-bond acceptors (Lipinski definition) is 4. The molecular weight excluding hydrogens is 226 g/mol. The molecule has 0 saturated heterocycles. The van der Waals surface area contributed by atoms with Crippen molar-refractivity contribution in [2.75, 3.05) is 7.11 Å². The summed E-state index contributed by atoms with van der Waals surface area (Å²) in [6.45, 7) is 3.61. The summed E-state index contributed by atoms with van der Waals surface area (Å²) in [5.74, 6) is 0.926. The van der Waals surface area contributed by atoms with Crippen LogP contribution in [0.5, 0.6) is 5.75 Å². The zero-order valence-corrected chi connectivity index (χ0v) is 10.7. The van der Waals surface area contributed by atoms with Crippen molar-refractivity contribution < 1.29 is 4.74 Å². The van der Waals surface area contributed by atoms with Crippen molar-refractivity contribution in [1.29, 1.82) is 0 Å². The molecule has 4 nitrogen and oxygen atoms in total. The Morgan fingerprint density at radius 3 is 2.78 bits per heavy atom. The van der Waals surface area contributed by atoms with Gasteiger partial charge in [0.1, 0.15) is 12.1 Å². The second kappa shape index (κ2) is 6.12. The molecule has 0 saturated carbocycles. The maximum atomic E-state index is 5.24. The Labute approximate surface area is 107 Å². The Balaban J connectivity index is 1.89. The highest BCUT2D eigenvalue weighted by atomic mass is 16.5. The third-order valence-electron chi connectivity index (χ3n) is 2.74. The highest BCUT2D eigenvalue weighted by Gasteiger charge is 2.00. The van der Waals surface area contributed by atoms with Crippen LogP contribution in [0.2, 0.25) is 0 Å². The van der Waals surface area contributed by atoms with E-state index in [-0.39, 0.29) is 0 Å². The van der Waals surface area contributed by atoms with Crippen molar-refractivity contribution in [2.45, 2.75) is 20.0 Å². The van der Waals surface area contributed by atoms with E-state index in [1.807, 2.05) is 19.1 Å². The van der Waals surface area contributed by atoms with Gasteiger partial charge in [-0.25, -0.2) is 9.97 Å². The summed E-state index contributed by atoms with van der Waals surface area (Å²) in [7, 11) is 1.69. The van der Waals surface area contributed by atoms with Crippen LogP contribution in [-0.2, 0) is 13.1 Å². The van der Waals surface area contributed by atoms with Gasteiger partial charge in [0.15, 0.2) is 0 Å². The molecule has 0 aliphatic carbocycles. The van der Waals surface area contributed by atoms with E-state index in [2.05, 4.69) is 27.4 Å². The maximum Gasteiger partial charge on any atom is 0.121 e. The first-order chi connectivity index (χ1) is 8.79. The molecule has 0 amide bonds. The van der Waals surface area contributed by atoms with Crippen LogP contribution in [0, 0.1) is 6.92 Å². The Morgan fingerprint density at radius 1 is 1.22 bits per heavy atom. The molecule has 0 fully saturated rings. The molecule has 4 heteroatoms. The largest absolute Gasteiger partial charge is 0.496 e. The van der Waals surface area contributed by atoms with Gasteiger partial charge in [0.25, 0.3) is 0 Å². The number of benzene rings is 1. The Morgan fingerprint density at radius 2 is 2.11 bits per heavy atom. The summed E-state index contributed by atoms with van der Waals surface area (Å²) >= 11 is 0. The summed E-state index contributed by atoms with van der Waals surface area (Å²) < 4.78 is 5.24. The predicted molar refractivity (Wildman–Crippen MR) is 70.3 cm³/mol. The number of nitrogens with zero attached hydrogens (tertiary/aromatic N) is 2. The first kappa shape index (κ1) is 12.5. The normalized spacial score (nSPS) is 10.3. The molecule has 1 aromatic carbocycles. The van der Waals surface area contributed by atoms with E-state index in [1.165, 1.54) is 5.56 Å². The second-order valence-electron chi connectivity index (χ2n) is 4.11. The van der Waals surface area contributed by atoms with Crippen molar-refractivity contribution in [1.82, 2.24) is 15.3 Å². The van der Waals surface area contributed by atoms with Crippen molar-refractivity contribution in [3.8, 4) is 5.75 Å². The molecule has 2 aromatic rings. The number of methoxy groups -OCH3 is 1. The number of rotatable bonds is 5. The lowest BCUT2D eigenvalue weighted by atomic mass is 10.1. The number of hydrogen-bond donors (Lipinski definition) is 1. The van der Waals surface area contributed by atoms with Crippen LogP contribution in [0.1, 0.15) is 16.8 Å². The molecule has 1 aromatic heterocycles. The highest BCUT2D eigenvalue weighted by Crippen LogP contribution is 2.18. The lowest BCUT2D eigenvalue weighted by molar-refractivity contribution is 0.411. The van der Waals surface area contributed by atoms with E-state index in [0.29, 0.717) is 0 Å². The molecule has 0 aliphatic rings. The van der Waals surface area contributed by atoms with Gasteiger partial charge in [-0.05, 0) is 30.2 Å². The standard InChI is InChI=1S/C14H17N3O/c1-11-7-12(3-4-14(11)18-2)8-16-9-13-5-6-15-10-17-13/h3-7,10,16H,8-9H2,1-2H3. The summed E-state index contributed by atoms with van der Waals surface area (Å²) in [4.78, 5) is 8.05. The average Bonchev–Trinajstić information content (AvgIpc) is 2.40. The van der Waals surface area contributed by atoms with Crippen LogP contribution < -0.4 is 10.1 Å². The van der Waals surface area contributed by atoms with Crippen LogP contribution in [0.3, 0.4) is 0 Å². The van der Waals surface area contributed by atoms with E-state index in [9.17, 15) is 0 Å².